The Morgan fingerprint density at radius 2 is 1.61 bits per heavy atom. The normalized spacial score (nSPS) is 11.6. The average molecular weight is 242 g/mol. The fourth-order valence-corrected chi connectivity index (χ4v) is 1.97. The van der Waals surface area contributed by atoms with Gasteiger partial charge in [0.1, 0.15) is 5.75 Å². The van der Waals surface area contributed by atoms with E-state index < -0.39 is 5.41 Å². The molecule has 94 valence electrons. The SMILES string of the molecule is COc1cc2ccccc2cc1C(=O)C(C)(C)C. The fraction of sp³-hybridized carbons (Fsp3) is 0.312. The topological polar surface area (TPSA) is 26.3 Å². The van der Waals surface area contributed by atoms with E-state index in [0.29, 0.717) is 11.3 Å². The predicted molar refractivity (Wildman–Crippen MR) is 74.3 cm³/mol. The molecule has 0 saturated carbocycles. The van der Waals surface area contributed by atoms with Crippen LogP contribution in [0.3, 0.4) is 0 Å². The zero-order valence-corrected chi connectivity index (χ0v) is 11.3. The highest BCUT2D eigenvalue weighted by atomic mass is 16.5. The monoisotopic (exact) mass is 242 g/mol. The van der Waals surface area contributed by atoms with Gasteiger partial charge in [-0.2, -0.15) is 0 Å². The molecule has 0 spiro atoms. The van der Waals surface area contributed by atoms with Crippen molar-refractivity contribution in [3.8, 4) is 5.75 Å². The van der Waals surface area contributed by atoms with Gasteiger partial charge in [0.15, 0.2) is 5.78 Å². The summed E-state index contributed by atoms with van der Waals surface area (Å²) in [5.74, 6) is 0.749. The standard InChI is InChI=1S/C16H18O2/c1-16(2,3)15(17)13-9-11-7-5-6-8-12(11)10-14(13)18-4/h5-10H,1-4H3. The van der Waals surface area contributed by atoms with E-state index >= 15 is 0 Å². The second kappa shape index (κ2) is 4.45. The zero-order chi connectivity index (χ0) is 13.3. The van der Waals surface area contributed by atoms with E-state index in [-0.39, 0.29) is 5.78 Å². The van der Waals surface area contributed by atoms with Gasteiger partial charge in [0, 0.05) is 5.41 Å². The number of hydrogen-bond acceptors (Lipinski definition) is 2. The van der Waals surface area contributed by atoms with Crippen molar-refractivity contribution in [2.45, 2.75) is 20.8 Å². The van der Waals surface area contributed by atoms with Gasteiger partial charge in [-0.3, -0.25) is 4.79 Å². The van der Waals surface area contributed by atoms with Crippen LogP contribution in [0.5, 0.6) is 5.75 Å². The maximum atomic E-state index is 12.4. The third-order valence-corrected chi connectivity index (χ3v) is 2.99. The van der Waals surface area contributed by atoms with Crippen LogP contribution >= 0.6 is 0 Å². The number of rotatable bonds is 2. The molecule has 0 amide bonds. The molecule has 0 N–H and O–H groups in total. The van der Waals surface area contributed by atoms with Gasteiger partial charge in [-0.15, -0.1) is 0 Å². The summed E-state index contributed by atoms with van der Waals surface area (Å²) in [6, 6.07) is 11.8. The summed E-state index contributed by atoms with van der Waals surface area (Å²) in [5.41, 5.74) is 0.249. The average Bonchev–Trinajstić information content (AvgIpc) is 2.35. The molecular formula is C16H18O2. The van der Waals surface area contributed by atoms with E-state index in [2.05, 4.69) is 0 Å². The lowest BCUT2D eigenvalue weighted by molar-refractivity contribution is 0.0855. The number of benzene rings is 2. The smallest absolute Gasteiger partial charge is 0.171 e. The molecule has 0 unspecified atom stereocenters. The van der Waals surface area contributed by atoms with E-state index in [4.69, 9.17) is 4.74 Å². The van der Waals surface area contributed by atoms with Crippen LogP contribution in [0, 0.1) is 5.41 Å². The molecule has 0 aliphatic heterocycles. The Hall–Kier alpha value is -1.83. The van der Waals surface area contributed by atoms with Gasteiger partial charge in [0.2, 0.25) is 0 Å². The quantitative estimate of drug-likeness (QED) is 0.742. The van der Waals surface area contributed by atoms with Gasteiger partial charge >= 0.3 is 0 Å². The molecular weight excluding hydrogens is 224 g/mol. The van der Waals surface area contributed by atoms with Gasteiger partial charge in [-0.25, -0.2) is 0 Å². The highest BCUT2D eigenvalue weighted by molar-refractivity contribution is 6.05. The number of ketones is 1. The Kier molecular flexibility index (Phi) is 3.12. The van der Waals surface area contributed by atoms with E-state index in [1.54, 1.807) is 7.11 Å². The van der Waals surface area contributed by atoms with Crippen molar-refractivity contribution in [3.63, 3.8) is 0 Å². The number of fused-ring (bicyclic) bond motifs is 1. The number of carbonyl (C=O) groups excluding carboxylic acids is 1. The number of carbonyl (C=O) groups is 1. The van der Waals surface area contributed by atoms with Gasteiger partial charge in [0.25, 0.3) is 0 Å². The van der Waals surface area contributed by atoms with Crippen LogP contribution in [0.25, 0.3) is 10.8 Å². The maximum Gasteiger partial charge on any atom is 0.171 e. The maximum absolute atomic E-state index is 12.4. The molecule has 0 fully saturated rings. The molecule has 0 radical (unpaired) electrons. The van der Waals surface area contributed by atoms with Crippen molar-refractivity contribution in [2.75, 3.05) is 7.11 Å². The van der Waals surface area contributed by atoms with E-state index in [9.17, 15) is 4.79 Å². The lowest BCUT2D eigenvalue weighted by Gasteiger charge is -2.19. The largest absolute Gasteiger partial charge is 0.496 e. The van der Waals surface area contributed by atoms with Gasteiger partial charge < -0.3 is 4.74 Å². The van der Waals surface area contributed by atoms with E-state index in [0.717, 1.165) is 10.8 Å². The molecule has 0 aliphatic rings. The molecule has 2 rings (SSSR count). The molecule has 0 heterocycles. The van der Waals surface area contributed by atoms with Crippen LogP contribution in [-0.2, 0) is 0 Å². The van der Waals surface area contributed by atoms with Crippen LogP contribution in [0.2, 0.25) is 0 Å². The second-order valence-electron chi connectivity index (χ2n) is 5.48. The first-order chi connectivity index (χ1) is 8.43. The highest BCUT2D eigenvalue weighted by Gasteiger charge is 2.25. The van der Waals surface area contributed by atoms with E-state index in [1.165, 1.54) is 0 Å². The summed E-state index contributed by atoms with van der Waals surface area (Å²) < 4.78 is 5.35. The van der Waals surface area contributed by atoms with Crippen LogP contribution in [0.1, 0.15) is 31.1 Å². The summed E-state index contributed by atoms with van der Waals surface area (Å²) in [6.45, 7) is 5.76. The molecule has 0 saturated heterocycles. The molecule has 2 nitrogen and oxygen atoms in total. The summed E-state index contributed by atoms with van der Waals surface area (Å²) in [6.07, 6.45) is 0. The molecule has 0 atom stereocenters. The fourth-order valence-electron chi connectivity index (χ4n) is 1.97. The van der Waals surface area contributed by atoms with Gasteiger partial charge in [-0.05, 0) is 22.9 Å². The van der Waals surface area contributed by atoms with Crippen LogP contribution in [0.4, 0.5) is 0 Å². The van der Waals surface area contributed by atoms with Crippen molar-refractivity contribution in [2.24, 2.45) is 5.41 Å². The highest BCUT2D eigenvalue weighted by Crippen LogP contribution is 2.31. The molecule has 18 heavy (non-hydrogen) atoms. The first-order valence-corrected chi connectivity index (χ1v) is 6.05. The van der Waals surface area contributed by atoms with Crippen molar-refractivity contribution < 1.29 is 9.53 Å². The Labute approximate surface area is 108 Å². The molecule has 2 aromatic carbocycles. The number of Topliss-reactive ketones (excluding diaryl/α,β-unsaturated/α-hetero) is 1. The van der Waals surface area contributed by atoms with Crippen molar-refractivity contribution in [1.29, 1.82) is 0 Å². The van der Waals surface area contributed by atoms with Crippen LogP contribution in [-0.4, -0.2) is 12.9 Å². The first-order valence-electron chi connectivity index (χ1n) is 6.05. The molecule has 2 heteroatoms. The summed E-state index contributed by atoms with van der Waals surface area (Å²) in [5, 5.41) is 2.14. The Bertz CT molecular complexity index is 592. The van der Waals surface area contributed by atoms with Crippen molar-refractivity contribution in [1.82, 2.24) is 0 Å². The van der Waals surface area contributed by atoms with E-state index in [1.807, 2.05) is 57.2 Å². The minimum atomic E-state index is -0.407. The Morgan fingerprint density at radius 1 is 1.06 bits per heavy atom. The third-order valence-electron chi connectivity index (χ3n) is 2.99. The summed E-state index contributed by atoms with van der Waals surface area (Å²) in [7, 11) is 1.60. The molecule has 0 aromatic heterocycles. The predicted octanol–water partition coefficient (Wildman–Crippen LogP) is 4.08. The van der Waals surface area contributed by atoms with Gasteiger partial charge in [0.05, 0.1) is 12.7 Å². The first kappa shape index (κ1) is 12.6. The van der Waals surface area contributed by atoms with Crippen LogP contribution in [0.15, 0.2) is 36.4 Å². The third kappa shape index (κ3) is 2.23. The lowest BCUT2D eigenvalue weighted by atomic mass is 9.85. The Balaban J connectivity index is 2.66. The van der Waals surface area contributed by atoms with Crippen LogP contribution < -0.4 is 4.74 Å². The van der Waals surface area contributed by atoms with Crippen molar-refractivity contribution in [3.05, 3.63) is 42.0 Å². The summed E-state index contributed by atoms with van der Waals surface area (Å²) >= 11 is 0. The number of hydrogen-bond donors (Lipinski definition) is 0. The molecule has 2 aromatic rings. The Morgan fingerprint density at radius 3 is 2.11 bits per heavy atom. The van der Waals surface area contributed by atoms with Gasteiger partial charge in [-0.1, -0.05) is 45.0 Å². The molecule has 0 aliphatic carbocycles. The second-order valence-corrected chi connectivity index (χ2v) is 5.48. The van der Waals surface area contributed by atoms with Crippen molar-refractivity contribution >= 4 is 16.6 Å². The summed E-state index contributed by atoms with van der Waals surface area (Å²) in [4.78, 5) is 12.4. The number of ether oxygens (including phenoxy) is 1. The lowest BCUT2D eigenvalue weighted by Crippen LogP contribution is -2.20. The minimum absolute atomic E-state index is 0.102. The number of methoxy groups -OCH3 is 1. The zero-order valence-electron chi connectivity index (χ0n) is 11.3. The molecule has 0 bridgehead atoms. The minimum Gasteiger partial charge on any atom is -0.496 e.